The van der Waals surface area contributed by atoms with E-state index in [0.29, 0.717) is 0 Å². The second kappa shape index (κ2) is 5.40. The Morgan fingerprint density at radius 1 is 1.12 bits per heavy atom. The van der Waals surface area contributed by atoms with E-state index in [1.807, 2.05) is 12.1 Å². The number of rotatable bonds is 5. The van der Waals surface area contributed by atoms with Crippen LogP contribution in [0.1, 0.15) is 38.3 Å². The molecule has 0 atom stereocenters. The first kappa shape index (κ1) is 11.5. The van der Waals surface area contributed by atoms with Crippen LogP contribution < -0.4 is 0 Å². The molecule has 0 amide bonds. The molecule has 0 aliphatic heterocycles. The number of hydrogen-bond acceptors (Lipinski definition) is 0. The van der Waals surface area contributed by atoms with Crippen molar-refractivity contribution in [3.63, 3.8) is 0 Å². The highest BCUT2D eigenvalue weighted by atomic mass is 35.5. The lowest BCUT2D eigenvalue weighted by Crippen LogP contribution is -1.84. The molecule has 16 heavy (non-hydrogen) atoms. The summed E-state index contributed by atoms with van der Waals surface area (Å²) >= 11 is 5.95. The van der Waals surface area contributed by atoms with Crippen molar-refractivity contribution in [3.8, 4) is 0 Å². The van der Waals surface area contributed by atoms with Gasteiger partial charge in [0.15, 0.2) is 0 Å². The molecule has 0 spiro atoms. The fourth-order valence-electron chi connectivity index (χ4n) is 2.04. The van der Waals surface area contributed by atoms with Gasteiger partial charge in [0.05, 0.1) is 0 Å². The zero-order chi connectivity index (χ0) is 11.4. The summed E-state index contributed by atoms with van der Waals surface area (Å²) in [5.41, 5.74) is 2.48. The van der Waals surface area contributed by atoms with E-state index in [4.69, 9.17) is 11.6 Å². The smallest absolute Gasteiger partial charge is 0.0471 e. The van der Waals surface area contributed by atoms with E-state index in [1.165, 1.54) is 36.8 Å². The molecule has 0 fully saturated rings. The minimum Gasteiger partial charge on any atom is -0.358 e. The Morgan fingerprint density at radius 2 is 2.00 bits per heavy atom. The fraction of sp³-hybridized carbons (Fsp3) is 0.429. The van der Waals surface area contributed by atoms with Crippen molar-refractivity contribution >= 4 is 22.5 Å². The van der Waals surface area contributed by atoms with Crippen LogP contribution in [0.3, 0.4) is 0 Å². The van der Waals surface area contributed by atoms with Crippen molar-refractivity contribution in [2.24, 2.45) is 0 Å². The van der Waals surface area contributed by atoms with E-state index in [9.17, 15) is 0 Å². The topological polar surface area (TPSA) is 15.8 Å². The van der Waals surface area contributed by atoms with Gasteiger partial charge in [-0.3, -0.25) is 0 Å². The lowest BCUT2D eigenvalue weighted by atomic mass is 10.1. The van der Waals surface area contributed by atoms with Crippen LogP contribution in [0.5, 0.6) is 0 Å². The fourth-order valence-corrected chi connectivity index (χ4v) is 2.21. The molecule has 2 aromatic rings. The molecule has 1 heterocycles. The summed E-state index contributed by atoms with van der Waals surface area (Å²) in [7, 11) is 0. The first-order valence-corrected chi connectivity index (χ1v) is 6.44. The number of hydrogen-bond donors (Lipinski definition) is 1. The summed E-state index contributed by atoms with van der Waals surface area (Å²) in [5.74, 6) is 0. The SMILES string of the molecule is CCCCCCc1cc2ccc(Cl)cc2[nH]1. The maximum Gasteiger partial charge on any atom is 0.0471 e. The molecular formula is C14H18ClN. The summed E-state index contributed by atoms with van der Waals surface area (Å²) < 4.78 is 0. The van der Waals surface area contributed by atoms with Crippen molar-refractivity contribution in [3.05, 3.63) is 35.0 Å². The highest BCUT2D eigenvalue weighted by molar-refractivity contribution is 6.31. The number of benzene rings is 1. The predicted octanol–water partition coefficient (Wildman–Crippen LogP) is 4.94. The first-order valence-electron chi connectivity index (χ1n) is 6.07. The summed E-state index contributed by atoms with van der Waals surface area (Å²) in [6.07, 6.45) is 6.38. The first-order chi connectivity index (χ1) is 7.79. The maximum absolute atomic E-state index is 5.95. The molecule has 0 aliphatic rings. The number of aryl methyl sites for hydroxylation is 1. The Bertz CT molecular complexity index is 459. The number of nitrogens with one attached hydrogen (secondary N) is 1. The Labute approximate surface area is 102 Å². The number of aromatic nitrogens is 1. The Morgan fingerprint density at radius 3 is 2.81 bits per heavy atom. The average molecular weight is 236 g/mol. The summed E-state index contributed by atoms with van der Waals surface area (Å²) in [5, 5.41) is 2.06. The summed E-state index contributed by atoms with van der Waals surface area (Å²) in [6, 6.07) is 8.24. The Hall–Kier alpha value is -0.950. The summed E-state index contributed by atoms with van der Waals surface area (Å²) in [6.45, 7) is 2.24. The third-order valence-electron chi connectivity index (χ3n) is 2.94. The van der Waals surface area contributed by atoms with Gasteiger partial charge in [-0.15, -0.1) is 0 Å². The van der Waals surface area contributed by atoms with Gasteiger partial charge in [-0.05, 0) is 36.4 Å². The van der Waals surface area contributed by atoms with Crippen molar-refractivity contribution in [1.82, 2.24) is 4.98 Å². The lowest BCUT2D eigenvalue weighted by Gasteiger charge is -1.97. The van der Waals surface area contributed by atoms with Gasteiger partial charge in [0.1, 0.15) is 0 Å². The van der Waals surface area contributed by atoms with Gasteiger partial charge in [0.25, 0.3) is 0 Å². The van der Waals surface area contributed by atoms with Crippen molar-refractivity contribution in [1.29, 1.82) is 0 Å². The highest BCUT2D eigenvalue weighted by Gasteiger charge is 2.01. The minimum atomic E-state index is 0.798. The number of H-pyrrole nitrogens is 1. The molecule has 1 aromatic heterocycles. The Balaban J connectivity index is 2.02. The summed E-state index contributed by atoms with van der Waals surface area (Å²) in [4.78, 5) is 3.43. The van der Waals surface area contributed by atoms with Crippen LogP contribution in [0.15, 0.2) is 24.3 Å². The van der Waals surface area contributed by atoms with Crippen molar-refractivity contribution in [2.75, 3.05) is 0 Å². The largest absolute Gasteiger partial charge is 0.358 e. The number of unbranched alkanes of at least 4 members (excludes halogenated alkanes) is 3. The third-order valence-corrected chi connectivity index (χ3v) is 3.18. The molecular weight excluding hydrogens is 218 g/mol. The monoisotopic (exact) mass is 235 g/mol. The highest BCUT2D eigenvalue weighted by Crippen LogP contribution is 2.20. The van der Waals surface area contributed by atoms with Gasteiger partial charge >= 0.3 is 0 Å². The van der Waals surface area contributed by atoms with Crippen molar-refractivity contribution in [2.45, 2.75) is 39.0 Å². The Kier molecular flexibility index (Phi) is 3.89. The molecule has 0 unspecified atom stereocenters. The zero-order valence-electron chi connectivity index (χ0n) is 9.72. The van der Waals surface area contributed by atoms with E-state index in [0.717, 1.165) is 17.0 Å². The normalized spacial score (nSPS) is 11.1. The average Bonchev–Trinajstić information content (AvgIpc) is 2.66. The van der Waals surface area contributed by atoms with Gasteiger partial charge in [-0.25, -0.2) is 0 Å². The van der Waals surface area contributed by atoms with E-state index in [2.05, 4.69) is 24.0 Å². The molecule has 0 saturated carbocycles. The molecule has 0 aliphatic carbocycles. The second-order valence-electron chi connectivity index (χ2n) is 4.34. The second-order valence-corrected chi connectivity index (χ2v) is 4.77. The van der Waals surface area contributed by atoms with Crippen LogP contribution >= 0.6 is 11.6 Å². The molecule has 1 aromatic carbocycles. The molecule has 86 valence electrons. The standard InChI is InChI=1S/C14H18ClN/c1-2-3-4-5-6-13-9-11-7-8-12(15)10-14(11)16-13/h7-10,16H,2-6H2,1H3. The van der Waals surface area contributed by atoms with Crippen LogP contribution in [0.2, 0.25) is 5.02 Å². The van der Waals surface area contributed by atoms with Crippen LogP contribution in [0, 0.1) is 0 Å². The van der Waals surface area contributed by atoms with Crippen LogP contribution in [-0.4, -0.2) is 4.98 Å². The molecule has 0 saturated heterocycles. The van der Waals surface area contributed by atoms with E-state index in [1.54, 1.807) is 0 Å². The quantitative estimate of drug-likeness (QED) is 0.707. The van der Waals surface area contributed by atoms with Crippen LogP contribution in [0.4, 0.5) is 0 Å². The van der Waals surface area contributed by atoms with Crippen molar-refractivity contribution < 1.29 is 0 Å². The van der Waals surface area contributed by atoms with Gasteiger partial charge in [-0.1, -0.05) is 43.9 Å². The number of aromatic amines is 1. The number of fused-ring (bicyclic) bond motifs is 1. The van der Waals surface area contributed by atoms with Crippen LogP contribution in [-0.2, 0) is 6.42 Å². The molecule has 2 rings (SSSR count). The van der Waals surface area contributed by atoms with Crippen LogP contribution in [0.25, 0.3) is 10.9 Å². The van der Waals surface area contributed by atoms with E-state index >= 15 is 0 Å². The molecule has 0 radical (unpaired) electrons. The van der Waals surface area contributed by atoms with Gasteiger partial charge in [-0.2, -0.15) is 0 Å². The predicted molar refractivity (Wildman–Crippen MR) is 71.2 cm³/mol. The molecule has 0 bridgehead atoms. The minimum absolute atomic E-state index is 0.798. The molecule has 1 N–H and O–H groups in total. The molecule has 2 heteroatoms. The van der Waals surface area contributed by atoms with Gasteiger partial charge in [0.2, 0.25) is 0 Å². The van der Waals surface area contributed by atoms with Gasteiger partial charge < -0.3 is 4.98 Å². The zero-order valence-corrected chi connectivity index (χ0v) is 10.5. The molecule has 1 nitrogen and oxygen atoms in total. The van der Waals surface area contributed by atoms with E-state index in [-0.39, 0.29) is 0 Å². The maximum atomic E-state index is 5.95. The lowest BCUT2D eigenvalue weighted by molar-refractivity contribution is 0.662. The van der Waals surface area contributed by atoms with E-state index < -0.39 is 0 Å². The van der Waals surface area contributed by atoms with Gasteiger partial charge in [0, 0.05) is 16.2 Å². The third kappa shape index (κ3) is 2.79. The number of halogens is 1.